The Bertz CT molecular complexity index is 1200. The molecule has 35 heavy (non-hydrogen) atoms. The molecule has 0 amide bonds. The van der Waals surface area contributed by atoms with Gasteiger partial charge >= 0.3 is 21.7 Å². The van der Waals surface area contributed by atoms with Crippen LogP contribution in [0.3, 0.4) is 0 Å². The smallest absolute Gasteiger partial charge is 1.00 e. The van der Waals surface area contributed by atoms with Crippen molar-refractivity contribution in [3.8, 4) is 0 Å². The van der Waals surface area contributed by atoms with Crippen LogP contribution in [0.5, 0.6) is 0 Å². The third-order valence-corrected chi connectivity index (χ3v) is 13.2. The van der Waals surface area contributed by atoms with Crippen LogP contribution in [0.15, 0.2) is 89.5 Å². The maximum Gasteiger partial charge on any atom is 4.00 e. The van der Waals surface area contributed by atoms with Crippen molar-refractivity contribution in [3.05, 3.63) is 112 Å². The van der Waals surface area contributed by atoms with E-state index in [2.05, 4.69) is 127 Å². The summed E-state index contributed by atoms with van der Waals surface area (Å²) in [5.74, 6) is 0. The van der Waals surface area contributed by atoms with E-state index in [0.29, 0.717) is 0 Å². The van der Waals surface area contributed by atoms with Crippen LogP contribution in [0.4, 0.5) is 0 Å². The van der Waals surface area contributed by atoms with Gasteiger partial charge in [-0.05, 0) is 36.3 Å². The largest absolute Gasteiger partial charge is 4.00 e. The van der Waals surface area contributed by atoms with Crippen molar-refractivity contribution >= 4 is 23.6 Å². The third kappa shape index (κ3) is 5.47. The molecule has 0 saturated carbocycles. The fourth-order valence-corrected chi connectivity index (χ4v) is 12.2. The predicted molar refractivity (Wildman–Crippen MR) is 137 cm³/mol. The molecular weight excluding hydrogens is 543 g/mol. The first-order chi connectivity index (χ1) is 14.7. The van der Waals surface area contributed by atoms with Crippen molar-refractivity contribution in [1.82, 2.24) is 0 Å². The van der Waals surface area contributed by atoms with Gasteiger partial charge in [-0.1, -0.05) is 115 Å². The van der Waals surface area contributed by atoms with Gasteiger partial charge in [-0.3, -0.25) is 6.08 Å². The average molecular weight is 576 g/mol. The van der Waals surface area contributed by atoms with Crippen LogP contribution in [0.2, 0.25) is 5.04 Å². The van der Waals surface area contributed by atoms with Gasteiger partial charge in [-0.15, -0.1) is 6.92 Å². The Morgan fingerprint density at radius 3 is 1.66 bits per heavy atom. The van der Waals surface area contributed by atoms with E-state index in [1.54, 1.807) is 0 Å². The Morgan fingerprint density at radius 2 is 1.17 bits per heavy atom. The summed E-state index contributed by atoms with van der Waals surface area (Å²) in [7, 11) is -2.56. The minimum atomic E-state index is -2.56. The van der Waals surface area contributed by atoms with E-state index in [4.69, 9.17) is 0 Å². The van der Waals surface area contributed by atoms with Gasteiger partial charge in [0.25, 0.3) is 0 Å². The van der Waals surface area contributed by atoms with Gasteiger partial charge in [0, 0.05) is 0 Å². The monoisotopic (exact) mass is 574 g/mol. The first kappa shape index (κ1) is 33.9. The van der Waals surface area contributed by atoms with Crippen molar-refractivity contribution in [1.29, 1.82) is 0 Å². The molecule has 1 aliphatic rings. The van der Waals surface area contributed by atoms with E-state index in [1.807, 2.05) is 0 Å². The zero-order valence-electron chi connectivity index (χ0n) is 21.6. The Balaban J connectivity index is 0.00000289. The second-order valence-electron chi connectivity index (χ2n) is 9.43. The van der Waals surface area contributed by atoms with E-state index < -0.39 is 8.07 Å². The molecule has 0 fully saturated rings. The van der Waals surface area contributed by atoms with Crippen molar-refractivity contribution in [2.24, 2.45) is 0 Å². The number of benzene rings is 3. The van der Waals surface area contributed by atoms with E-state index in [0.717, 1.165) is 0 Å². The predicted octanol–water partition coefficient (Wildman–Crippen LogP) is -3.05. The number of allylic oxidation sites excluding steroid dienone is 4. The maximum atomic E-state index is 4.04. The first-order valence-corrected chi connectivity index (χ1v) is 13.2. The molecule has 1 aliphatic carbocycles. The van der Waals surface area contributed by atoms with Crippen LogP contribution in [0.1, 0.15) is 44.4 Å². The molecule has 2 atom stereocenters. The van der Waals surface area contributed by atoms with Crippen molar-refractivity contribution in [3.63, 3.8) is 0 Å². The molecule has 182 valence electrons. The summed E-state index contributed by atoms with van der Waals surface area (Å²) in [5, 5.41) is 4.24. The topological polar surface area (TPSA) is 0 Å². The van der Waals surface area contributed by atoms with Crippen LogP contribution >= 0.6 is 0 Å². The zero-order valence-corrected chi connectivity index (χ0v) is 26.4. The van der Waals surface area contributed by atoms with Crippen molar-refractivity contribution < 1.29 is 58.9 Å². The summed E-state index contributed by atoms with van der Waals surface area (Å²) in [6, 6.07) is 27.5. The van der Waals surface area contributed by atoms with Crippen molar-refractivity contribution in [2.75, 3.05) is 0 Å². The number of rotatable bonds is 4. The Labute approximate surface area is 246 Å². The van der Waals surface area contributed by atoms with Crippen molar-refractivity contribution in [2.45, 2.75) is 53.5 Å². The Kier molecular flexibility index (Phi) is 12.6. The van der Waals surface area contributed by atoms with Gasteiger partial charge in [0.2, 0.25) is 0 Å². The quantitative estimate of drug-likeness (QED) is 0.176. The number of aryl methyl sites for hydroxylation is 3. The second-order valence-corrected chi connectivity index (χ2v) is 13.6. The summed E-state index contributed by atoms with van der Waals surface area (Å²) >= 11 is 0. The van der Waals surface area contributed by atoms with Gasteiger partial charge in [-0.2, -0.15) is 11.1 Å². The Morgan fingerprint density at radius 1 is 0.657 bits per heavy atom. The third-order valence-electron chi connectivity index (χ3n) is 7.47. The molecule has 5 heteroatoms. The molecule has 0 N–H and O–H groups in total. The molecule has 0 bridgehead atoms. The standard InChI is InChI=1S/C30H33Si.3ClH.Ti/c1-21-17-22(2)19-28(18-21)31(27-14-9-8-10-15-27,29-16-12-11-13-23(29)3)30(7)20-24(4)25(5)26(30)6;;;;/h8-19H,1-7H3;3*1H;/q-1;;;;+4/p-3. The summed E-state index contributed by atoms with van der Waals surface area (Å²) in [4.78, 5) is 0. The first-order valence-electron chi connectivity index (χ1n) is 11.2. The molecule has 0 spiro atoms. The molecule has 0 saturated heterocycles. The number of hydrogen-bond donors (Lipinski definition) is 0. The van der Waals surface area contributed by atoms with Gasteiger partial charge < -0.3 is 37.2 Å². The molecular formula is C30H33Cl3SiTi. The normalized spacial score (nSPS) is 18.2. The molecule has 0 heterocycles. The molecule has 3 aromatic rings. The SMILES string of the molecule is CC1=[C-]C(C)([Si](c2ccccc2)(c2cc(C)cc(C)c2)c2ccccc2C)C(C)=C1C.[Cl-].[Cl-].[Cl-].[Ti+4]. The molecule has 0 aromatic heterocycles. The molecule has 0 nitrogen and oxygen atoms in total. The number of hydrogen-bond acceptors (Lipinski definition) is 0. The molecule has 2 unspecified atom stereocenters. The van der Waals surface area contributed by atoms with E-state index >= 15 is 0 Å². The van der Waals surface area contributed by atoms with Crippen LogP contribution in [-0.2, 0) is 21.7 Å². The minimum Gasteiger partial charge on any atom is -1.00 e. The van der Waals surface area contributed by atoms with Gasteiger partial charge in [0.05, 0.1) is 0 Å². The zero-order chi connectivity index (χ0) is 22.4. The molecule has 3 aromatic carbocycles. The van der Waals surface area contributed by atoms with Gasteiger partial charge in [0.15, 0.2) is 0 Å². The maximum absolute atomic E-state index is 4.04. The van der Waals surface area contributed by atoms with E-state index in [9.17, 15) is 0 Å². The van der Waals surface area contributed by atoms with Crippen LogP contribution in [-0.4, -0.2) is 8.07 Å². The summed E-state index contributed by atoms with van der Waals surface area (Å²) < 4.78 is 0. The van der Waals surface area contributed by atoms with E-state index in [-0.39, 0.29) is 64.0 Å². The number of halogens is 3. The fourth-order valence-electron chi connectivity index (χ4n) is 5.79. The van der Waals surface area contributed by atoms with Crippen LogP contribution in [0, 0.1) is 26.8 Å². The minimum absolute atomic E-state index is 0. The summed E-state index contributed by atoms with van der Waals surface area (Å²) in [5.41, 5.74) is 8.19. The summed E-state index contributed by atoms with van der Waals surface area (Å²) in [6.45, 7) is 16.0. The van der Waals surface area contributed by atoms with Gasteiger partial charge in [0.1, 0.15) is 8.07 Å². The fraction of sp³-hybridized carbons (Fsp3) is 0.267. The molecule has 0 radical (unpaired) electrons. The second kappa shape index (κ2) is 13.0. The van der Waals surface area contributed by atoms with E-state index in [1.165, 1.54) is 49.0 Å². The van der Waals surface area contributed by atoms with Crippen LogP contribution < -0.4 is 52.8 Å². The van der Waals surface area contributed by atoms with Crippen LogP contribution in [0.25, 0.3) is 0 Å². The average Bonchev–Trinajstić information content (AvgIpc) is 2.93. The van der Waals surface area contributed by atoms with Gasteiger partial charge in [-0.25, -0.2) is 5.57 Å². The Hall–Kier alpha value is -1.06. The molecule has 0 aliphatic heterocycles. The summed E-state index contributed by atoms with van der Waals surface area (Å²) in [6.07, 6.45) is 4.04. The molecule has 4 rings (SSSR count).